The van der Waals surface area contributed by atoms with Gasteiger partial charge in [-0.3, -0.25) is 0 Å². The maximum atomic E-state index is 5.92. The summed E-state index contributed by atoms with van der Waals surface area (Å²) in [6.07, 6.45) is 3.41. The quantitative estimate of drug-likeness (QED) is 0.238. The molecule has 0 amide bonds. The SMILES string of the molecule is c1cc(-c2ccc3ccc(-c4cccc(-c5nc6ncccc6o5)c4)nc3n2)cc(-c2nc3ncccc3o2)c1. The molecule has 0 spiro atoms. The van der Waals surface area contributed by atoms with Crippen molar-refractivity contribution in [2.75, 3.05) is 0 Å². The van der Waals surface area contributed by atoms with Crippen LogP contribution in [-0.4, -0.2) is 29.9 Å². The number of hydrogen-bond acceptors (Lipinski definition) is 8. The maximum absolute atomic E-state index is 5.92. The van der Waals surface area contributed by atoms with Gasteiger partial charge < -0.3 is 8.83 Å². The van der Waals surface area contributed by atoms with Crippen molar-refractivity contribution in [3.05, 3.63) is 109 Å². The summed E-state index contributed by atoms with van der Waals surface area (Å²) < 4.78 is 11.8. The van der Waals surface area contributed by atoms with E-state index in [1.807, 2.05) is 97.1 Å². The second-order valence-corrected chi connectivity index (χ2v) is 9.29. The molecule has 2 aromatic carbocycles. The molecule has 0 aliphatic carbocycles. The molecule has 0 aliphatic rings. The molecule has 6 aromatic heterocycles. The predicted octanol–water partition coefficient (Wildman–Crippen LogP) is 7.37. The van der Waals surface area contributed by atoms with E-state index >= 15 is 0 Å². The topological polar surface area (TPSA) is 104 Å². The molecule has 0 unspecified atom stereocenters. The van der Waals surface area contributed by atoms with E-state index in [2.05, 4.69) is 19.9 Å². The summed E-state index contributed by atoms with van der Waals surface area (Å²) in [5.74, 6) is 1.04. The minimum absolute atomic E-state index is 0.520. The lowest BCUT2D eigenvalue weighted by atomic mass is 10.1. The fraction of sp³-hybridized carbons (Fsp3) is 0. The number of nitrogens with zero attached hydrogens (tertiary/aromatic N) is 6. The summed E-state index contributed by atoms with van der Waals surface area (Å²) in [5, 5.41) is 0.954. The largest absolute Gasteiger partial charge is 0.434 e. The van der Waals surface area contributed by atoms with Gasteiger partial charge in [0, 0.05) is 40.0 Å². The molecule has 8 nitrogen and oxygen atoms in total. The first kappa shape index (κ1) is 22.2. The van der Waals surface area contributed by atoms with Crippen LogP contribution in [-0.2, 0) is 0 Å². The van der Waals surface area contributed by atoms with Gasteiger partial charge in [-0.05, 0) is 72.8 Å². The average Bonchev–Trinajstić information content (AvgIpc) is 3.66. The molecule has 8 aromatic rings. The Kier molecular flexibility index (Phi) is 4.96. The maximum Gasteiger partial charge on any atom is 0.228 e. The lowest BCUT2D eigenvalue weighted by Gasteiger charge is -2.07. The minimum atomic E-state index is 0.520. The summed E-state index contributed by atoms with van der Waals surface area (Å²) in [6, 6.07) is 31.4. The molecule has 0 atom stereocenters. The number of hydrogen-bond donors (Lipinski definition) is 0. The van der Waals surface area contributed by atoms with E-state index in [1.165, 1.54) is 0 Å². The van der Waals surface area contributed by atoms with Crippen LogP contribution in [0.1, 0.15) is 0 Å². The minimum Gasteiger partial charge on any atom is -0.434 e. The fourth-order valence-electron chi connectivity index (χ4n) is 4.73. The lowest BCUT2D eigenvalue weighted by molar-refractivity contribution is 0.619. The van der Waals surface area contributed by atoms with Crippen molar-refractivity contribution in [3.63, 3.8) is 0 Å². The second-order valence-electron chi connectivity index (χ2n) is 9.29. The van der Waals surface area contributed by atoms with Crippen molar-refractivity contribution in [3.8, 4) is 45.4 Å². The Bertz CT molecular complexity index is 1980. The summed E-state index contributed by atoms with van der Waals surface area (Å²) in [4.78, 5) is 27.4. The van der Waals surface area contributed by atoms with Crippen LogP contribution in [0.2, 0.25) is 0 Å². The van der Waals surface area contributed by atoms with Gasteiger partial charge in [0.25, 0.3) is 0 Å². The first-order valence-corrected chi connectivity index (χ1v) is 12.7. The number of rotatable bonds is 4. The van der Waals surface area contributed by atoms with Gasteiger partial charge in [-0.15, -0.1) is 0 Å². The highest BCUT2D eigenvalue weighted by molar-refractivity contribution is 5.83. The highest BCUT2D eigenvalue weighted by Gasteiger charge is 2.13. The molecule has 8 heteroatoms. The van der Waals surface area contributed by atoms with Crippen LogP contribution in [0, 0.1) is 0 Å². The molecule has 0 radical (unpaired) electrons. The van der Waals surface area contributed by atoms with Gasteiger partial charge >= 0.3 is 0 Å². The van der Waals surface area contributed by atoms with Crippen molar-refractivity contribution in [1.82, 2.24) is 29.9 Å². The zero-order chi connectivity index (χ0) is 26.5. The summed E-state index contributed by atoms with van der Waals surface area (Å²) >= 11 is 0. The Morgan fingerprint density at radius 3 is 1.43 bits per heavy atom. The molecule has 40 heavy (non-hydrogen) atoms. The predicted molar refractivity (Wildman–Crippen MR) is 152 cm³/mol. The second kappa shape index (κ2) is 8.92. The van der Waals surface area contributed by atoms with Gasteiger partial charge in [0.2, 0.25) is 11.8 Å². The van der Waals surface area contributed by atoms with Crippen molar-refractivity contribution < 1.29 is 8.83 Å². The van der Waals surface area contributed by atoms with Crippen LogP contribution >= 0.6 is 0 Å². The van der Waals surface area contributed by atoms with E-state index in [0.29, 0.717) is 39.9 Å². The average molecular weight is 519 g/mol. The number of oxazole rings is 2. The van der Waals surface area contributed by atoms with E-state index in [1.54, 1.807) is 12.4 Å². The summed E-state index contributed by atoms with van der Waals surface area (Å²) in [6.45, 7) is 0. The Morgan fingerprint density at radius 1 is 0.425 bits per heavy atom. The molecule has 0 saturated carbocycles. The Hall–Kier alpha value is -5.76. The standard InChI is InChI=1S/C32H18N6O2/c1-5-20(17-22(7-1)31-37-29-26(39-31)9-3-15-33-29)24-13-11-19-12-14-25(36-28(19)35-24)21-6-2-8-23(18-21)32-38-30-27(40-32)10-4-16-34-30/h1-18H. The number of pyridine rings is 4. The Labute approximate surface area is 227 Å². The van der Waals surface area contributed by atoms with Gasteiger partial charge in [-0.25, -0.2) is 19.9 Å². The third-order valence-electron chi connectivity index (χ3n) is 6.69. The molecule has 0 saturated heterocycles. The third-order valence-corrected chi connectivity index (χ3v) is 6.69. The van der Waals surface area contributed by atoms with E-state index in [4.69, 9.17) is 18.8 Å². The van der Waals surface area contributed by atoms with Crippen LogP contribution in [0.25, 0.3) is 78.9 Å². The van der Waals surface area contributed by atoms with Crippen molar-refractivity contribution >= 4 is 33.5 Å². The normalized spacial score (nSPS) is 11.5. The van der Waals surface area contributed by atoms with E-state index < -0.39 is 0 Å². The highest BCUT2D eigenvalue weighted by atomic mass is 16.4. The highest BCUT2D eigenvalue weighted by Crippen LogP contribution is 2.30. The Morgan fingerprint density at radius 2 is 0.925 bits per heavy atom. The van der Waals surface area contributed by atoms with E-state index in [-0.39, 0.29) is 0 Å². The van der Waals surface area contributed by atoms with Gasteiger partial charge in [0.05, 0.1) is 11.4 Å². The molecular weight excluding hydrogens is 500 g/mol. The Balaban J connectivity index is 1.15. The number of benzene rings is 2. The first-order chi connectivity index (χ1) is 19.8. The molecule has 0 aliphatic heterocycles. The van der Waals surface area contributed by atoms with Crippen LogP contribution in [0.15, 0.2) is 118 Å². The van der Waals surface area contributed by atoms with Crippen LogP contribution in [0.5, 0.6) is 0 Å². The van der Waals surface area contributed by atoms with Crippen LogP contribution < -0.4 is 0 Å². The molecule has 0 N–H and O–H groups in total. The zero-order valence-electron chi connectivity index (χ0n) is 20.9. The zero-order valence-corrected chi connectivity index (χ0v) is 20.9. The van der Waals surface area contributed by atoms with Crippen LogP contribution in [0.3, 0.4) is 0 Å². The van der Waals surface area contributed by atoms with Gasteiger partial charge in [0.15, 0.2) is 28.1 Å². The van der Waals surface area contributed by atoms with Crippen LogP contribution in [0.4, 0.5) is 0 Å². The lowest BCUT2D eigenvalue weighted by Crippen LogP contribution is -1.91. The molecule has 0 fully saturated rings. The van der Waals surface area contributed by atoms with Crippen molar-refractivity contribution in [2.24, 2.45) is 0 Å². The van der Waals surface area contributed by atoms with Crippen molar-refractivity contribution in [1.29, 1.82) is 0 Å². The smallest absolute Gasteiger partial charge is 0.228 e. The summed E-state index contributed by atoms with van der Waals surface area (Å²) in [7, 11) is 0. The number of fused-ring (bicyclic) bond motifs is 3. The molecule has 8 rings (SSSR count). The van der Waals surface area contributed by atoms with E-state index in [9.17, 15) is 0 Å². The summed E-state index contributed by atoms with van der Waals surface area (Å²) in [5.41, 5.74) is 8.32. The van der Waals surface area contributed by atoms with Gasteiger partial charge in [-0.1, -0.05) is 24.3 Å². The van der Waals surface area contributed by atoms with Crippen molar-refractivity contribution in [2.45, 2.75) is 0 Å². The van der Waals surface area contributed by atoms with Gasteiger partial charge in [0.1, 0.15) is 0 Å². The number of aromatic nitrogens is 6. The third kappa shape index (κ3) is 3.86. The monoisotopic (exact) mass is 518 g/mol. The molecule has 0 bridgehead atoms. The van der Waals surface area contributed by atoms with Gasteiger partial charge in [-0.2, -0.15) is 9.97 Å². The van der Waals surface area contributed by atoms with E-state index in [0.717, 1.165) is 39.0 Å². The fourth-order valence-corrected chi connectivity index (χ4v) is 4.73. The first-order valence-electron chi connectivity index (χ1n) is 12.7. The molecule has 188 valence electrons. The molecule has 6 heterocycles. The molecular formula is C32H18N6O2.